The van der Waals surface area contributed by atoms with Crippen LogP contribution in [0, 0.1) is 0 Å². The topological polar surface area (TPSA) is 57.7 Å². The molecule has 1 heterocycles. The molecule has 1 aromatic rings. The minimum Gasteiger partial charge on any atom is -0.461 e. The van der Waals surface area contributed by atoms with E-state index >= 15 is 0 Å². The van der Waals surface area contributed by atoms with E-state index in [1.807, 2.05) is 27.7 Å². The molecule has 1 aromatic heterocycles. The zero-order chi connectivity index (χ0) is 15.1. The van der Waals surface area contributed by atoms with Crippen molar-refractivity contribution in [1.82, 2.24) is 4.98 Å². The van der Waals surface area contributed by atoms with Crippen LogP contribution in [0.3, 0.4) is 0 Å². The van der Waals surface area contributed by atoms with Gasteiger partial charge in [0.2, 0.25) is 6.29 Å². The van der Waals surface area contributed by atoms with Crippen LogP contribution in [0.15, 0.2) is 0 Å². The summed E-state index contributed by atoms with van der Waals surface area (Å²) in [5.74, 6) is -0.185. The largest absolute Gasteiger partial charge is 0.461 e. The first kappa shape index (κ1) is 17.1. The molecule has 0 amide bonds. The molecule has 0 aliphatic carbocycles. The van der Waals surface area contributed by atoms with Gasteiger partial charge in [0.15, 0.2) is 10.7 Å². The number of hydrogen-bond donors (Lipinski definition) is 0. The summed E-state index contributed by atoms with van der Waals surface area (Å²) in [6.07, 6.45) is -0.518. The second kappa shape index (κ2) is 8.34. The van der Waals surface area contributed by atoms with Crippen LogP contribution in [0.25, 0.3) is 0 Å². The lowest BCUT2D eigenvalue weighted by atomic mass is 10.1. The normalized spacial score (nSPS) is 11.3. The minimum atomic E-state index is -0.518. The second-order valence-corrected chi connectivity index (χ2v) is 5.44. The smallest absolute Gasteiger partial charge is 0.358 e. The van der Waals surface area contributed by atoms with Gasteiger partial charge in [0.1, 0.15) is 0 Å². The molecule has 0 saturated heterocycles. The minimum absolute atomic E-state index is 0.199. The maximum Gasteiger partial charge on any atom is 0.358 e. The Hall–Kier alpha value is -0.980. The Morgan fingerprint density at radius 2 is 1.75 bits per heavy atom. The lowest BCUT2D eigenvalue weighted by molar-refractivity contribution is -0.140. The van der Waals surface area contributed by atoms with Crippen LogP contribution in [-0.4, -0.2) is 30.8 Å². The molecular formula is C14H23NO4S. The molecule has 0 saturated carbocycles. The second-order valence-electron chi connectivity index (χ2n) is 4.38. The van der Waals surface area contributed by atoms with Crippen molar-refractivity contribution in [2.75, 3.05) is 19.8 Å². The molecule has 0 radical (unpaired) electrons. The van der Waals surface area contributed by atoms with Crippen LogP contribution in [0.5, 0.6) is 0 Å². The van der Waals surface area contributed by atoms with Crippen molar-refractivity contribution in [3.8, 4) is 0 Å². The van der Waals surface area contributed by atoms with Crippen molar-refractivity contribution in [3.63, 3.8) is 0 Å². The van der Waals surface area contributed by atoms with Gasteiger partial charge in [-0.3, -0.25) is 0 Å². The van der Waals surface area contributed by atoms with Gasteiger partial charge in [-0.1, -0.05) is 13.8 Å². The molecule has 0 unspecified atom stereocenters. The Kier molecular flexibility index (Phi) is 7.12. The van der Waals surface area contributed by atoms with Gasteiger partial charge in [-0.25, -0.2) is 9.78 Å². The van der Waals surface area contributed by atoms with E-state index in [0.717, 1.165) is 4.88 Å². The third kappa shape index (κ3) is 4.26. The lowest BCUT2D eigenvalue weighted by Crippen LogP contribution is -2.11. The molecule has 1 rings (SSSR count). The third-order valence-electron chi connectivity index (χ3n) is 2.50. The fraction of sp³-hybridized carbons (Fsp3) is 0.714. The maximum absolute atomic E-state index is 12.0. The van der Waals surface area contributed by atoms with Crippen LogP contribution >= 0.6 is 11.3 Å². The van der Waals surface area contributed by atoms with E-state index in [2.05, 4.69) is 4.98 Å². The van der Waals surface area contributed by atoms with E-state index in [9.17, 15) is 4.79 Å². The molecule has 0 aliphatic heterocycles. The van der Waals surface area contributed by atoms with Crippen molar-refractivity contribution < 1.29 is 19.0 Å². The fourth-order valence-electron chi connectivity index (χ4n) is 1.68. The summed E-state index contributed by atoms with van der Waals surface area (Å²) in [7, 11) is 0. The molecule has 0 fully saturated rings. The number of hydrogen-bond acceptors (Lipinski definition) is 6. The highest BCUT2D eigenvalue weighted by Crippen LogP contribution is 2.32. The summed E-state index contributed by atoms with van der Waals surface area (Å²) in [5, 5.41) is 0.667. The van der Waals surface area contributed by atoms with E-state index in [0.29, 0.717) is 30.5 Å². The predicted octanol–water partition coefficient (Wildman–Crippen LogP) is 3.51. The Labute approximate surface area is 124 Å². The molecule has 5 nitrogen and oxygen atoms in total. The number of nitrogens with zero attached hydrogens (tertiary/aromatic N) is 1. The van der Waals surface area contributed by atoms with E-state index in [-0.39, 0.29) is 11.9 Å². The summed E-state index contributed by atoms with van der Waals surface area (Å²) < 4.78 is 16.1. The zero-order valence-electron chi connectivity index (χ0n) is 12.8. The standard InChI is InChI=1S/C14H23NO4S/c1-6-17-13(16)10-11(9(4)5)20-12(15-10)14(18-7-2)19-8-3/h9,14H,6-8H2,1-5H3. The summed E-state index contributed by atoms with van der Waals surface area (Å²) in [6, 6.07) is 0. The van der Waals surface area contributed by atoms with Gasteiger partial charge in [-0.2, -0.15) is 0 Å². The van der Waals surface area contributed by atoms with Gasteiger partial charge >= 0.3 is 5.97 Å². The van der Waals surface area contributed by atoms with Crippen LogP contribution in [0.1, 0.15) is 67.2 Å². The van der Waals surface area contributed by atoms with Gasteiger partial charge in [0.25, 0.3) is 0 Å². The van der Waals surface area contributed by atoms with Crippen molar-refractivity contribution >= 4 is 17.3 Å². The Balaban J connectivity index is 3.09. The number of aromatic nitrogens is 1. The predicted molar refractivity (Wildman–Crippen MR) is 78.2 cm³/mol. The first-order chi connectivity index (χ1) is 9.54. The van der Waals surface area contributed by atoms with E-state index < -0.39 is 6.29 Å². The SMILES string of the molecule is CCOC(=O)c1nc(C(OCC)OCC)sc1C(C)C. The highest BCUT2D eigenvalue weighted by molar-refractivity contribution is 7.12. The fourth-order valence-corrected chi connectivity index (χ4v) is 2.74. The first-order valence-corrected chi connectivity index (χ1v) is 7.77. The molecule has 0 spiro atoms. The molecule has 0 N–H and O–H groups in total. The third-order valence-corrected chi connectivity index (χ3v) is 3.88. The number of carbonyl (C=O) groups is 1. The van der Waals surface area contributed by atoms with Crippen LogP contribution in [-0.2, 0) is 14.2 Å². The monoisotopic (exact) mass is 301 g/mol. The average Bonchev–Trinajstić information content (AvgIpc) is 2.84. The highest BCUT2D eigenvalue weighted by Gasteiger charge is 2.25. The quantitative estimate of drug-likeness (QED) is 0.543. The summed E-state index contributed by atoms with van der Waals surface area (Å²) in [4.78, 5) is 17.2. The Morgan fingerprint density at radius 3 is 2.20 bits per heavy atom. The van der Waals surface area contributed by atoms with Gasteiger partial charge in [0, 0.05) is 18.1 Å². The Bertz CT molecular complexity index is 425. The molecule has 0 aromatic carbocycles. The zero-order valence-corrected chi connectivity index (χ0v) is 13.6. The first-order valence-electron chi connectivity index (χ1n) is 6.95. The number of carbonyl (C=O) groups excluding carboxylic acids is 1. The maximum atomic E-state index is 12.0. The van der Waals surface area contributed by atoms with Crippen molar-refractivity contribution in [3.05, 3.63) is 15.6 Å². The number of ether oxygens (including phenoxy) is 3. The van der Waals surface area contributed by atoms with Crippen LogP contribution < -0.4 is 0 Å². The molecule has 0 bridgehead atoms. The van der Waals surface area contributed by atoms with Crippen LogP contribution in [0.4, 0.5) is 0 Å². The van der Waals surface area contributed by atoms with Crippen molar-refractivity contribution in [1.29, 1.82) is 0 Å². The summed E-state index contributed by atoms with van der Waals surface area (Å²) in [6.45, 7) is 11.0. The van der Waals surface area contributed by atoms with Gasteiger partial charge in [-0.15, -0.1) is 11.3 Å². The number of rotatable bonds is 8. The van der Waals surface area contributed by atoms with E-state index in [1.54, 1.807) is 6.92 Å². The van der Waals surface area contributed by atoms with E-state index in [1.165, 1.54) is 11.3 Å². The van der Waals surface area contributed by atoms with Crippen LogP contribution in [0.2, 0.25) is 0 Å². The van der Waals surface area contributed by atoms with Gasteiger partial charge < -0.3 is 14.2 Å². The highest BCUT2D eigenvalue weighted by atomic mass is 32.1. The molecular weight excluding hydrogens is 278 g/mol. The van der Waals surface area contributed by atoms with E-state index in [4.69, 9.17) is 14.2 Å². The number of thiazole rings is 1. The van der Waals surface area contributed by atoms with Gasteiger partial charge in [0.05, 0.1) is 6.61 Å². The lowest BCUT2D eigenvalue weighted by Gasteiger charge is -2.13. The summed E-state index contributed by atoms with van der Waals surface area (Å²) >= 11 is 1.45. The average molecular weight is 301 g/mol. The molecule has 6 heteroatoms. The molecule has 0 aliphatic rings. The van der Waals surface area contributed by atoms with Crippen molar-refractivity contribution in [2.24, 2.45) is 0 Å². The van der Waals surface area contributed by atoms with Crippen molar-refractivity contribution in [2.45, 2.75) is 46.8 Å². The molecule has 20 heavy (non-hydrogen) atoms. The number of esters is 1. The van der Waals surface area contributed by atoms with Gasteiger partial charge in [-0.05, 0) is 26.7 Å². The summed E-state index contributed by atoms with van der Waals surface area (Å²) in [5.41, 5.74) is 0.381. The molecule has 0 atom stereocenters. The Morgan fingerprint density at radius 1 is 1.15 bits per heavy atom. The molecule has 114 valence electrons.